The number of rotatable bonds is 5. The number of hydrogen-bond donors (Lipinski definition) is 2. The van der Waals surface area contributed by atoms with E-state index >= 15 is 0 Å². The highest BCUT2D eigenvalue weighted by molar-refractivity contribution is 5.15. The van der Waals surface area contributed by atoms with Crippen LogP contribution in [-0.2, 0) is 6.54 Å². The maximum absolute atomic E-state index is 5.23. The van der Waals surface area contributed by atoms with Crippen LogP contribution in [0.5, 0.6) is 0 Å². The summed E-state index contributed by atoms with van der Waals surface area (Å²) < 4.78 is 5.23. The van der Waals surface area contributed by atoms with Crippen molar-refractivity contribution in [1.82, 2.24) is 15.5 Å². The maximum atomic E-state index is 5.23. The van der Waals surface area contributed by atoms with Crippen LogP contribution in [0.4, 0.5) is 6.01 Å². The molecule has 0 spiro atoms. The maximum Gasteiger partial charge on any atom is 0.315 e. The van der Waals surface area contributed by atoms with Gasteiger partial charge in [0, 0.05) is 6.54 Å². The van der Waals surface area contributed by atoms with Crippen LogP contribution in [0, 0.1) is 0 Å². The minimum absolute atomic E-state index is 0.491. The van der Waals surface area contributed by atoms with Gasteiger partial charge in [0.25, 0.3) is 0 Å². The number of hydrogen-bond acceptors (Lipinski definition) is 5. The SMILES string of the molecule is CCNCc1nnc(NCC)o1. The van der Waals surface area contributed by atoms with E-state index < -0.39 is 0 Å². The fourth-order valence-electron chi connectivity index (χ4n) is 0.780. The molecule has 1 heterocycles. The molecule has 1 rings (SSSR count). The van der Waals surface area contributed by atoms with E-state index in [1.54, 1.807) is 0 Å². The highest BCUT2D eigenvalue weighted by Crippen LogP contribution is 2.03. The molecule has 0 bridgehead atoms. The summed E-state index contributed by atoms with van der Waals surface area (Å²) in [7, 11) is 0. The largest absolute Gasteiger partial charge is 0.407 e. The van der Waals surface area contributed by atoms with Gasteiger partial charge in [-0.25, -0.2) is 0 Å². The lowest BCUT2D eigenvalue weighted by Gasteiger charge is -1.94. The first kappa shape index (κ1) is 8.99. The Hall–Kier alpha value is -1.10. The fraction of sp³-hybridized carbons (Fsp3) is 0.714. The van der Waals surface area contributed by atoms with Gasteiger partial charge < -0.3 is 15.1 Å². The fourth-order valence-corrected chi connectivity index (χ4v) is 0.780. The van der Waals surface area contributed by atoms with Crippen molar-refractivity contribution in [3.8, 4) is 0 Å². The lowest BCUT2D eigenvalue weighted by molar-refractivity contribution is 0.482. The van der Waals surface area contributed by atoms with Gasteiger partial charge in [0.1, 0.15) is 0 Å². The van der Waals surface area contributed by atoms with Crippen LogP contribution in [0.1, 0.15) is 19.7 Å². The molecule has 12 heavy (non-hydrogen) atoms. The summed E-state index contributed by atoms with van der Waals surface area (Å²) in [5, 5.41) is 13.7. The van der Waals surface area contributed by atoms with Crippen molar-refractivity contribution in [2.45, 2.75) is 20.4 Å². The second-order valence-corrected chi connectivity index (χ2v) is 2.31. The minimum atomic E-state index is 0.491. The van der Waals surface area contributed by atoms with Gasteiger partial charge in [-0.05, 0) is 13.5 Å². The van der Waals surface area contributed by atoms with E-state index in [-0.39, 0.29) is 0 Å². The Bertz CT molecular complexity index is 223. The van der Waals surface area contributed by atoms with Crippen molar-refractivity contribution >= 4 is 6.01 Å². The van der Waals surface area contributed by atoms with Gasteiger partial charge in [-0.15, -0.1) is 5.10 Å². The Morgan fingerprint density at radius 2 is 2.08 bits per heavy atom. The molecule has 0 aromatic carbocycles. The molecule has 0 aliphatic heterocycles. The molecule has 0 radical (unpaired) electrons. The van der Waals surface area contributed by atoms with E-state index in [4.69, 9.17) is 4.42 Å². The zero-order chi connectivity index (χ0) is 8.81. The third kappa shape index (κ3) is 2.50. The molecule has 0 atom stereocenters. The Balaban J connectivity index is 2.41. The molecular weight excluding hydrogens is 156 g/mol. The number of nitrogens with one attached hydrogen (secondary N) is 2. The minimum Gasteiger partial charge on any atom is -0.407 e. The van der Waals surface area contributed by atoms with Crippen molar-refractivity contribution in [1.29, 1.82) is 0 Å². The van der Waals surface area contributed by atoms with Crippen LogP contribution >= 0.6 is 0 Å². The molecule has 5 heteroatoms. The van der Waals surface area contributed by atoms with Crippen LogP contribution in [0.3, 0.4) is 0 Å². The van der Waals surface area contributed by atoms with Crippen molar-refractivity contribution in [2.75, 3.05) is 18.4 Å². The van der Waals surface area contributed by atoms with E-state index in [2.05, 4.69) is 20.8 Å². The van der Waals surface area contributed by atoms with Gasteiger partial charge in [0.2, 0.25) is 5.89 Å². The molecule has 0 saturated heterocycles. The first-order chi connectivity index (χ1) is 5.86. The Morgan fingerprint density at radius 1 is 1.25 bits per heavy atom. The molecule has 2 N–H and O–H groups in total. The molecule has 5 nitrogen and oxygen atoms in total. The number of aromatic nitrogens is 2. The van der Waals surface area contributed by atoms with E-state index in [0.717, 1.165) is 13.1 Å². The van der Waals surface area contributed by atoms with Gasteiger partial charge in [-0.2, -0.15) is 0 Å². The second-order valence-electron chi connectivity index (χ2n) is 2.31. The molecule has 0 saturated carbocycles. The van der Waals surface area contributed by atoms with E-state index in [1.165, 1.54) is 0 Å². The average Bonchev–Trinajstić information content (AvgIpc) is 2.50. The topological polar surface area (TPSA) is 63.0 Å². The third-order valence-corrected chi connectivity index (χ3v) is 1.32. The van der Waals surface area contributed by atoms with E-state index in [0.29, 0.717) is 18.5 Å². The van der Waals surface area contributed by atoms with Gasteiger partial charge in [0.05, 0.1) is 6.54 Å². The first-order valence-corrected chi connectivity index (χ1v) is 4.13. The Labute approximate surface area is 71.6 Å². The van der Waals surface area contributed by atoms with Crippen molar-refractivity contribution in [3.63, 3.8) is 0 Å². The van der Waals surface area contributed by atoms with Crippen molar-refractivity contribution < 1.29 is 4.42 Å². The number of nitrogens with zero attached hydrogens (tertiary/aromatic N) is 2. The molecule has 0 unspecified atom stereocenters. The zero-order valence-electron chi connectivity index (χ0n) is 7.42. The molecule has 0 aliphatic rings. The third-order valence-electron chi connectivity index (χ3n) is 1.32. The summed E-state index contributed by atoms with van der Waals surface area (Å²) in [6, 6.07) is 0.491. The van der Waals surface area contributed by atoms with Crippen LogP contribution < -0.4 is 10.6 Å². The van der Waals surface area contributed by atoms with Crippen molar-refractivity contribution in [2.24, 2.45) is 0 Å². The zero-order valence-corrected chi connectivity index (χ0v) is 7.42. The lowest BCUT2D eigenvalue weighted by Crippen LogP contribution is -2.11. The highest BCUT2D eigenvalue weighted by Gasteiger charge is 2.02. The molecule has 0 amide bonds. The van der Waals surface area contributed by atoms with Gasteiger partial charge in [0.15, 0.2) is 0 Å². The lowest BCUT2D eigenvalue weighted by atomic mass is 10.6. The second kappa shape index (κ2) is 4.71. The van der Waals surface area contributed by atoms with Gasteiger partial charge >= 0.3 is 6.01 Å². The molecule has 1 aromatic rings. The quantitative estimate of drug-likeness (QED) is 0.678. The first-order valence-electron chi connectivity index (χ1n) is 4.13. The Kier molecular flexibility index (Phi) is 3.53. The smallest absolute Gasteiger partial charge is 0.315 e. The summed E-state index contributed by atoms with van der Waals surface area (Å²) in [6.07, 6.45) is 0. The normalized spacial score (nSPS) is 10.2. The van der Waals surface area contributed by atoms with Gasteiger partial charge in [-0.3, -0.25) is 0 Å². The molecule has 0 aliphatic carbocycles. The average molecular weight is 170 g/mol. The van der Waals surface area contributed by atoms with E-state index in [1.807, 2.05) is 13.8 Å². The predicted molar refractivity (Wildman–Crippen MR) is 45.8 cm³/mol. The summed E-state index contributed by atoms with van der Waals surface area (Å²) in [5.41, 5.74) is 0. The molecular formula is C7H14N4O. The Morgan fingerprint density at radius 3 is 2.75 bits per heavy atom. The highest BCUT2D eigenvalue weighted by atomic mass is 16.4. The number of anilines is 1. The monoisotopic (exact) mass is 170 g/mol. The standard InChI is InChI=1S/C7H14N4O/c1-3-8-5-6-10-11-7(12-6)9-4-2/h8H,3-5H2,1-2H3,(H,9,11). The van der Waals surface area contributed by atoms with E-state index in [9.17, 15) is 0 Å². The van der Waals surface area contributed by atoms with Crippen LogP contribution in [0.2, 0.25) is 0 Å². The molecule has 1 aromatic heterocycles. The molecule has 0 fully saturated rings. The summed E-state index contributed by atoms with van der Waals surface area (Å²) in [5.74, 6) is 0.618. The van der Waals surface area contributed by atoms with Crippen molar-refractivity contribution in [3.05, 3.63) is 5.89 Å². The predicted octanol–water partition coefficient (Wildman–Crippen LogP) is 0.611. The van der Waals surface area contributed by atoms with Crippen LogP contribution in [-0.4, -0.2) is 23.3 Å². The summed E-state index contributed by atoms with van der Waals surface area (Å²) >= 11 is 0. The summed E-state index contributed by atoms with van der Waals surface area (Å²) in [4.78, 5) is 0. The van der Waals surface area contributed by atoms with Gasteiger partial charge in [-0.1, -0.05) is 12.0 Å². The van der Waals surface area contributed by atoms with Crippen LogP contribution in [0.15, 0.2) is 4.42 Å². The summed E-state index contributed by atoms with van der Waals surface area (Å²) in [6.45, 7) is 6.34. The van der Waals surface area contributed by atoms with Crippen LogP contribution in [0.25, 0.3) is 0 Å². The molecule has 68 valence electrons.